The molecule has 0 aliphatic rings. The average Bonchev–Trinajstić information content (AvgIpc) is 2.33. The highest BCUT2D eigenvalue weighted by molar-refractivity contribution is 7.98. The third kappa shape index (κ3) is 1.75. The van der Waals surface area contributed by atoms with Crippen molar-refractivity contribution in [3.63, 3.8) is 0 Å². The van der Waals surface area contributed by atoms with Crippen molar-refractivity contribution in [1.82, 2.24) is 9.78 Å². The fourth-order valence-corrected chi connectivity index (χ4v) is 1.79. The SMILES string of the molecule is CSc1c(CCN)cnn1C. The molecule has 0 saturated carbocycles. The number of thioether (sulfide) groups is 1. The first-order chi connectivity index (χ1) is 5.29. The van der Waals surface area contributed by atoms with Crippen molar-refractivity contribution in [3.8, 4) is 0 Å². The van der Waals surface area contributed by atoms with E-state index in [4.69, 9.17) is 5.73 Å². The summed E-state index contributed by atoms with van der Waals surface area (Å²) in [6.45, 7) is 0.694. The lowest BCUT2D eigenvalue weighted by atomic mass is 10.3. The van der Waals surface area contributed by atoms with Crippen molar-refractivity contribution < 1.29 is 0 Å². The second-order valence-corrected chi connectivity index (χ2v) is 3.14. The molecule has 0 bridgehead atoms. The maximum Gasteiger partial charge on any atom is 0.0966 e. The molecular weight excluding hydrogens is 158 g/mol. The number of aromatic nitrogens is 2. The molecule has 62 valence electrons. The van der Waals surface area contributed by atoms with E-state index >= 15 is 0 Å². The molecule has 0 amide bonds. The number of hydrogen-bond donors (Lipinski definition) is 1. The standard InChI is InChI=1S/C7H13N3S/c1-10-7(11-2)6(3-4-8)5-9-10/h5H,3-4,8H2,1-2H3. The van der Waals surface area contributed by atoms with Crippen LogP contribution in [0, 0.1) is 0 Å². The van der Waals surface area contributed by atoms with Crippen LogP contribution >= 0.6 is 11.8 Å². The van der Waals surface area contributed by atoms with E-state index in [2.05, 4.69) is 11.4 Å². The Morgan fingerprint density at radius 2 is 2.45 bits per heavy atom. The molecule has 4 heteroatoms. The molecule has 11 heavy (non-hydrogen) atoms. The summed E-state index contributed by atoms with van der Waals surface area (Å²) in [5.74, 6) is 0. The first kappa shape index (κ1) is 8.62. The van der Waals surface area contributed by atoms with Gasteiger partial charge in [0.15, 0.2) is 0 Å². The fraction of sp³-hybridized carbons (Fsp3) is 0.571. The molecule has 1 rings (SSSR count). The lowest BCUT2D eigenvalue weighted by Crippen LogP contribution is -2.03. The molecule has 0 fully saturated rings. The number of rotatable bonds is 3. The van der Waals surface area contributed by atoms with Crippen LogP contribution in [-0.2, 0) is 13.5 Å². The molecule has 1 heterocycles. The lowest BCUT2D eigenvalue weighted by Gasteiger charge is -1.99. The second-order valence-electron chi connectivity index (χ2n) is 2.34. The van der Waals surface area contributed by atoms with Crippen molar-refractivity contribution in [1.29, 1.82) is 0 Å². The molecule has 0 aliphatic carbocycles. The smallest absolute Gasteiger partial charge is 0.0966 e. The number of aryl methyl sites for hydroxylation is 1. The van der Waals surface area contributed by atoms with Gasteiger partial charge >= 0.3 is 0 Å². The van der Waals surface area contributed by atoms with Gasteiger partial charge in [-0.05, 0) is 19.2 Å². The van der Waals surface area contributed by atoms with Crippen LogP contribution in [-0.4, -0.2) is 22.6 Å². The van der Waals surface area contributed by atoms with Gasteiger partial charge in [-0.1, -0.05) is 0 Å². The Bertz CT molecular complexity index is 232. The maximum absolute atomic E-state index is 5.45. The zero-order chi connectivity index (χ0) is 8.27. The summed E-state index contributed by atoms with van der Waals surface area (Å²) in [5.41, 5.74) is 6.70. The molecule has 1 aromatic heterocycles. The fourth-order valence-electron chi connectivity index (χ4n) is 1.06. The van der Waals surface area contributed by atoms with Gasteiger partial charge in [0.25, 0.3) is 0 Å². The van der Waals surface area contributed by atoms with E-state index in [0.29, 0.717) is 6.54 Å². The van der Waals surface area contributed by atoms with Crippen LogP contribution in [0.1, 0.15) is 5.56 Å². The number of hydrogen-bond acceptors (Lipinski definition) is 3. The van der Waals surface area contributed by atoms with Crippen LogP contribution in [0.4, 0.5) is 0 Å². The first-order valence-corrected chi connectivity index (χ1v) is 4.77. The molecule has 0 spiro atoms. The summed E-state index contributed by atoms with van der Waals surface area (Å²) in [7, 11) is 1.95. The van der Waals surface area contributed by atoms with Gasteiger partial charge in [0.2, 0.25) is 0 Å². The Kier molecular flexibility index (Phi) is 2.96. The number of nitrogens with zero attached hydrogens (tertiary/aromatic N) is 2. The molecule has 0 aromatic carbocycles. The topological polar surface area (TPSA) is 43.8 Å². The summed E-state index contributed by atoms with van der Waals surface area (Å²) in [6.07, 6.45) is 4.86. The van der Waals surface area contributed by atoms with Gasteiger partial charge in [0.1, 0.15) is 0 Å². The van der Waals surface area contributed by atoms with Crippen LogP contribution in [0.5, 0.6) is 0 Å². The molecule has 0 saturated heterocycles. The van der Waals surface area contributed by atoms with E-state index in [1.165, 1.54) is 10.6 Å². The highest BCUT2D eigenvalue weighted by Gasteiger charge is 2.04. The van der Waals surface area contributed by atoms with Gasteiger partial charge in [-0.25, -0.2) is 0 Å². The van der Waals surface area contributed by atoms with Gasteiger partial charge in [0, 0.05) is 12.6 Å². The Balaban J connectivity index is 2.86. The van der Waals surface area contributed by atoms with Gasteiger partial charge in [-0.3, -0.25) is 4.68 Å². The molecular formula is C7H13N3S. The summed E-state index contributed by atoms with van der Waals surface area (Å²) < 4.78 is 1.88. The van der Waals surface area contributed by atoms with Crippen LogP contribution in [0.2, 0.25) is 0 Å². The van der Waals surface area contributed by atoms with Gasteiger partial charge in [-0.2, -0.15) is 5.10 Å². The summed E-state index contributed by atoms with van der Waals surface area (Å²) in [5, 5.41) is 5.36. The maximum atomic E-state index is 5.45. The van der Waals surface area contributed by atoms with Crippen LogP contribution in [0.15, 0.2) is 11.2 Å². The molecule has 2 N–H and O–H groups in total. The Labute approximate surface area is 71.0 Å². The molecule has 0 aliphatic heterocycles. The summed E-state index contributed by atoms with van der Waals surface area (Å²) in [4.78, 5) is 0. The van der Waals surface area contributed by atoms with Crippen molar-refractivity contribution in [2.24, 2.45) is 12.8 Å². The molecule has 1 aromatic rings. The van der Waals surface area contributed by atoms with Crippen LogP contribution < -0.4 is 5.73 Å². The Hall–Kier alpha value is -0.480. The Morgan fingerprint density at radius 3 is 3.00 bits per heavy atom. The van der Waals surface area contributed by atoms with E-state index in [9.17, 15) is 0 Å². The summed E-state index contributed by atoms with van der Waals surface area (Å²) in [6, 6.07) is 0. The minimum absolute atomic E-state index is 0.694. The number of nitrogens with two attached hydrogens (primary N) is 1. The highest BCUT2D eigenvalue weighted by Crippen LogP contribution is 2.18. The zero-order valence-electron chi connectivity index (χ0n) is 6.87. The average molecular weight is 171 g/mol. The third-order valence-corrected chi connectivity index (χ3v) is 2.48. The van der Waals surface area contributed by atoms with E-state index < -0.39 is 0 Å². The van der Waals surface area contributed by atoms with Gasteiger partial charge < -0.3 is 5.73 Å². The van der Waals surface area contributed by atoms with E-state index in [-0.39, 0.29) is 0 Å². The summed E-state index contributed by atoms with van der Waals surface area (Å²) >= 11 is 1.71. The second kappa shape index (κ2) is 3.78. The monoisotopic (exact) mass is 171 g/mol. The van der Waals surface area contributed by atoms with Crippen molar-refractivity contribution in [2.45, 2.75) is 11.4 Å². The van der Waals surface area contributed by atoms with Gasteiger partial charge in [-0.15, -0.1) is 11.8 Å². The van der Waals surface area contributed by atoms with Gasteiger partial charge in [0.05, 0.1) is 11.2 Å². The third-order valence-electron chi connectivity index (χ3n) is 1.56. The van der Waals surface area contributed by atoms with Crippen molar-refractivity contribution in [3.05, 3.63) is 11.8 Å². The largest absolute Gasteiger partial charge is 0.330 e. The predicted octanol–water partition coefficient (Wildman–Crippen LogP) is 0.643. The zero-order valence-corrected chi connectivity index (χ0v) is 7.69. The quantitative estimate of drug-likeness (QED) is 0.679. The molecule has 3 nitrogen and oxygen atoms in total. The van der Waals surface area contributed by atoms with E-state index in [1.807, 2.05) is 17.9 Å². The normalized spacial score (nSPS) is 10.5. The van der Waals surface area contributed by atoms with E-state index in [0.717, 1.165) is 6.42 Å². The minimum Gasteiger partial charge on any atom is -0.330 e. The highest BCUT2D eigenvalue weighted by atomic mass is 32.2. The Morgan fingerprint density at radius 1 is 1.73 bits per heavy atom. The van der Waals surface area contributed by atoms with Crippen molar-refractivity contribution >= 4 is 11.8 Å². The van der Waals surface area contributed by atoms with Crippen molar-refractivity contribution in [2.75, 3.05) is 12.8 Å². The van der Waals surface area contributed by atoms with Crippen LogP contribution in [0.25, 0.3) is 0 Å². The van der Waals surface area contributed by atoms with Crippen LogP contribution in [0.3, 0.4) is 0 Å². The lowest BCUT2D eigenvalue weighted by molar-refractivity contribution is 0.693. The minimum atomic E-state index is 0.694. The van der Waals surface area contributed by atoms with E-state index in [1.54, 1.807) is 11.8 Å². The molecule has 0 unspecified atom stereocenters. The first-order valence-electron chi connectivity index (χ1n) is 3.54. The molecule has 0 atom stereocenters. The molecule has 0 radical (unpaired) electrons. The predicted molar refractivity (Wildman–Crippen MR) is 47.7 cm³/mol.